The number of rotatable bonds is 48. The standard InChI is InChI=1S/C85H127N13O43/c1-33(2)26-53(95-77(119)52(90-37(6)99)23-24-61(116)117)78(120)89-34(3)76(118)96-63(36(5)129-85-67(94-41(10)103)75(137-51(20)113)71(133-47(16)109)58(141-85)32-127-83-65(92-39(8)101)73(135-49(18)111)69(131-45(14)107)56(139-83)30-125-43(12)105)81(123)97-62(80(122)88-28-60(115)98-25-21-22-54(98)79(121)87-27-59(86)114)35(4)128-84-66(93-40(9)102)74(136-50(19)112)70(132-46(15)108)57(140-84)31-126-82-64(91-38(7)100)72(134-48(17)110)68(130-44(13)106)55(138-82)29-124-42(11)104/h33-36,52-58,62-75,82-85H,21-32H2,1-20H3,(H2,86,114)(H,87,121)(H,88,122)(H,89,120)(H,90,99)(H,91,100)(H,92,101)(H,93,102)(H,94,103)(H,95,119)(H,96,118)(H,97,123)(H,116,117)/t34-,35+,36+,52-,53-,54-,55+,56+,57+,58+,62-,63-,64+,65+,66+,67+,68-,69-,70-,71-,72+,73+,74+,75+,82-,83-,84-,85-/m0/s1. The molecule has 790 valence electrons. The van der Waals surface area contributed by atoms with Crippen molar-refractivity contribution in [3.05, 3.63) is 0 Å². The first kappa shape index (κ1) is 118. The zero-order chi connectivity index (χ0) is 106. The van der Waals surface area contributed by atoms with Crippen molar-refractivity contribution in [3.8, 4) is 0 Å². The minimum Gasteiger partial charge on any atom is -0.481 e. The average molecular weight is 2020 g/mol. The first-order valence-electron chi connectivity index (χ1n) is 44.6. The van der Waals surface area contributed by atoms with Crippen molar-refractivity contribution in [2.75, 3.05) is 46.1 Å². The fourth-order valence-electron chi connectivity index (χ4n) is 15.7. The number of hydrogen-bond donors (Lipinski definition) is 13. The summed E-state index contributed by atoms with van der Waals surface area (Å²) in [4.78, 5) is 324. The van der Waals surface area contributed by atoms with Crippen LogP contribution in [0, 0.1) is 5.92 Å². The number of amides is 13. The molecule has 0 aliphatic carbocycles. The third kappa shape index (κ3) is 38.1. The van der Waals surface area contributed by atoms with E-state index in [1.165, 1.54) is 0 Å². The number of ether oxygens (including phenoxy) is 18. The van der Waals surface area contributed by atoms with Crippen LogP contribution in [0.15, 0.2) is 0 Å². The molecule has 0 unspecified atom stereocenters. The van der Waals surface area contributed by atoms with Gasteiger partial charge in [-0.1, -0.05) is 13.8 Å². The molecular weight excluding hydrogens is 1890 g/mol. The Bertz CT molecular complexity index is 4540. The second kappa shape index (κ2) is 55.8. The van der Waals surface area contributed by atoms with Crippen molar-refractivity contribution in [3.63, 3.8) is 0 Å². The normalized spacial score (nSPS) is 26.6. The molecule has 0 bridgehead atoms. The smallest absolute Gasteiger partial charge is 0.303 e. The molecule has 141 heavy (non-hydrogen) atoms. The third-order valence-corrected chi connectivity index (χ3v) is 21.2. The van der Waals surface area contributed by atoms with Crippen LogP contribution in [-0.2, 0) is 200 Å². The highest BCUT2D eigenvalue weighted by atomic mass is 16.8. The Labute approximate surface area is 807 Å². The maximum absolute atomic E-state index is 16.3. The van der Waals surface area contributed by atoms with Crippen LogP contribution in [0.5, 0.6) is 0 Å². The van der Waals surface area contributed by atoms with E-state index in [0.717, 1.165) is 130 Å². The maximum Gasteiger partial charge on any atom is 0.303 e. The second-order valence-electron chi connectivity index (χ2n) is 33.8. The summed E-state index contributed by atoms with van der Waals surface area (Å²) in [6.45, 7) is 15.1. The van der Waals surface area contributed by atoms with Gasteiger partial charge in [-0.3, -0.25) is 115 Å². The van der Waals surface area contributed by atoms with Crippen LogP contribution in [-0.4, -0.2) is 370 Å². The van der Waals surface area contributed by atoms with E-state index in [4.69, 9.17) is 91.0 Å². The average Bonchev–Trinajstić information content (AvgIpc) is 1.16. The van der Waals surface area contributed by atoms with E-state index < -0.39 is 372 Å². The van der Waals surface area contributed by atoms with Crippen LogP contribution in [0.1, 0.15) is 171 Å². The van der Waals surface area contributed by atoms with Gasteiger partial charge in [0, 0.05) is 117 Å². The Balaban J connectivity index is 1.83. The first-order chi connectivity index (χ1) is 65.9. The highest BCUT2D eigenvalue weighted by Gasteiger charge is 2.59. The first-order valence-corrected chi connectivity index (χ1v) is 44.6. The summed E-state index contributed by atoms with van der Waals surface area (Å²) in [5.74, 6) is -26.2. The largest absolute Gasteiger partial charge is 0.481 e. The monoisotopic (exact) mass is 2020 g/mol. The summed E-state index contributed by atoms with van der Waals surface area (Å²) < 4.78 is 107. The summed E-state index contributed by atoms with van der Waals surface area (Å²) in [6.07, 6.45) is -35.8. The van der Waals surface area contributed by atoms with Gasteiger partial charge in [-0.15, -0.1) is 0 Å². The number of likely N-dealkylation sites (tertiary alicyclic amines) is 1. The number of carbonyl (C=O) groups excluding carboxylic acids is 23. The Morgan fingerprint density at radius 1 is 0.369 bits per heavy atom. The van der Waals surface area contributed by atoms with Crippen molar-refractivity contribution in [1.29, 1.82) is 0 Å². The molecule has 0 saturated carbocycles. The number of aliphatic carboxylic acids is 1. The van der Waals surface area contributed by atoms with Crippen molar-refractivity contribution in [2.24, 2.45) is 11.7 Å². The van der Waals surface area contributed by atoms with Gasteiger partial charge in [0.15, 0.2) is 74.0 Å². The fraction of sp³-hybridized carbons (Fsp3) is 0.718. The molecule has 0 aromatic heterocycles. The quantitative estimate of drug-likeness (QED) is 0.0199. The number of nitrogens with two attached hydrogens (primary N) is 1. The molecule has 28 atom stereocenters. The molecule has 5 fully saturated rings. The molecule has 5 rings (SSSR count). The molecule has 13 amide bonds. The summed E-state index contributed by atoms with van der Waals surface area (Å²) >= 11 is 0. The van der Waals surface area contributed by atoms with E-state index in [0.29, 0.717) is 0 Å². The van der Waals surface area contributed by atoms with Gasteiger partial charge in [-0.25, -0.2) is 0 Å². The van der Waals surface area contributed by atoms with Crippen LogP contribution >= 0.6 is 0 Å². The lowest BCUT2D eigenvalue weighted by molar-refractivity contribution is -0.312. The molecule has 5 heterocycles. The maximum atomic E-state index is 16.3. The molecule has 0 aromatic rings. The topological polar surface area (TPSA) is 758 Å². The van der Waals surface area contributed by atoms with E-state index >= 15 is 14.4 Å². The lowest BCUT2D eigenvalue weighted by Crippen LogP contribution is -2.69. The molecule has 0 radical (unpaired) electrons. The van der Waals surface area contributed by atoms with Crippen molar-refractivity contribution in [1.82, 2.24) is 63.4 Å². The molecule has 56 heteroatoms. The number of carboxylic acids is 1. The van der Waals surface area contributed by atoms with Gasteiger partial charge in [-0.05, 0) is 52.4 Å². The zero-order valence-corrected chi connectivity index (χ0v) is 81.3. The lowest BCUT2D eigenvalue weighted by atomic mass is 9.95. The number of nitrogens with one attached hydrogen (secondary N) is 11. The molecule has 5 saturated heterocycles. The number of carbonyl (C=O) groups is 24. The Kier molecular flexibility index (Phi) is 46.9. The molecule has 0 spiro atoms. The van der Waals surface area contributed by atoms with Crippen LogP contribution in [0.4, 0.5) is 0 Å². The highest BCUT2D eigenvalue weighted by Crippen LogP contribution is 2.36. The number of carboxylic acid groups (broad SMARTS) is 1. The Morgan fingerprint density at radius 3 is 1.05 bits per heavy atom. The Morgan fingerprint density at radius 2 is 0.709 bits per heavy atom. The van der Waals surface area contributed by atoms with Gasteiger partial charge in [0.05, 0.1) is 38.5 Å². The van der Waals surface area contributed by atoms with Gasteiger partial charge >= 0.3 is 65.7 Å². The zero-order valence-electron chi connectivity index (χ0n) is 81.3. The second-order valence-corrected chi connectivity index (χ2v) is 33.8. The van der Waals surface area contributed by atoms with Crippen molar-refractivity contribution in [2.45, 2.75) is 342 Å². The van der Waals surface area contributed by atoms with Crippen molar-refractivity contribution >= 4 is 142 Å². The van der Waals surface area contributed by atoms with E-state index in [2.05, 4.69) is 58.5 Å². The van der Waals surface area contributed by atoms with E-state index in [9.17, 15) is 106 Å². The van der Waals surface area contributed by atoms with Gasteiger partial charge in [0.25, 0.3) is 0 Å². The molecule has 14 N–H and O–H groups in total. The Hall–Kier alpha value is -13.0. The minimum atomic E-state index is -2.45. The third-order valence-electron chi connectivity index (χ3n) is 21.2. The molecule has 0 aromatic carbocycles. The minimum absolute atomic E-state index is 0.00952. The number of primary amides is 1. The van der Waals surface area contributed by atoms with E-state index in [1.807, 2.05) is 0 Å². The predicted molar refractivity (Wildman–Crippen MR) is 463 cm³/mol. The highest BCUT2D eigenvalue weighted by molar-refractivity contribution is 5.98. The van der Waals surface area contributed by atoms with Crippen LogP contribution in [0.3, 0.4) is 0 Å². The van der Waals surface area contributed by atoms with Gasteiger partial charge in [-0.2, -0.15) is 0 Å². The molecule has 56 nitrogen and oxygen atoms in total. The van der Waals surface area contributed by atoms with Crippen molar-refractivity contribution < 1.29 is 205 Å². The summed E-state index contributed by atoms with van der Waals surface area (Å²) in [6, 6.07) is -18.6. The van der Waals surface area contributed by atoms with E-state index in [-0.39, 0.29) is 25.8 Å². The van der Waals surface area contributed by atoms with Gasteiger partial charge < -0.3 is 159 Å². The number of nitrogens with zero attached hydrogens (tertiary/aromatic N) is 1. The van der Waals surface area contributed by atoms with Gasteiger partial charge in [0.2, 0.25) is 76.8 Å². The summed E-state index contributed by atoms with van der Waals surface area (Å²) in [7, 11) is 0. The summed E-state index contributed by atoms with van der Waals surface area (Å²) in [5.41, 5.74) is 5.29. The van der Waals surface area contributed by atoms with Crippen LogP contribution in [0.2, 0.25) is 0 Å². The summed E-state index contributed by atoms with van der Waals surface area (Å²) in [5, 5.41) is 36.2. The fourth-order valence-corrected chi connectivity index (χ4v) is 15.7. The number of esters is 10. The molecular formula is C85H127N13O43. The molecule has 5 aliphatic rings. The van der Waals surface area contributed by atoms with E-state index in [1.54, 1.807) is 13.8 Å². The molecule has 5 aliphatic heterocycles. The predicted octanol–water partition coefficient (Wildman–Crippen LogP) is -7.59. The SMILES string of the molecule is CC(=O)N[C@H]1[C@@H](OC[C@H]2O[C@H](O[C@H](C)[C@H](NC(=O)[C@H](C)NC(=O)[C@H](CC(C)C)NC(=O)[C@H](CCC(=O)O)NC(C)=O)C(=O)N[C@H](C(=O)NCC(=O)N3CCC[C@H]3C(=O)NCC(N)=O)[C@@H](C)O[C@H]3O[C@H](CO[C@H]4O[C@H](COC(C)=O)[C@H](OC(C)=O)[C@H](OC(C)=O)[C@H]4NC(C)=O)[C@H](OC(C)=O)[C@H](OC(C)=O)[C@H]3NC(C)=O)[C@H](NC(C)=O)[C@@H](OC(C)=O)[C@H]2OC(C)=O)O[C@H](COC(C)=O)[C@H](OC(C)=O)[C@@H]1OC(C)=O. The van der Waals surface area contributed by atoms with Crippen LogP contribution in [0.25, 0.3) is 0 Å². The van der Waals surface area contributed by atoms with Gasteiger partial charge in [0.1, 0.15) is 98.0 Å². The number of hydrogen-bond acceptors (Lipinski definition) is 42. The lowest BCUT2D eigenvalue weighted by Gasteiger charge is -2.47. The van der Waals surface area contributed by atoms with Crippen LogP contribution < -0.4 is 64.2 Å².